The monoisotopic (exact) mass is 543 g/mol. The van der Waals surface area contributed by atoms with Crippen molar-refractivity contribution in [2.75, 3.05) is 10.8 Å². The minimum absolute atomic E-state index is 0.0216. The number of benzene rings is 2. The zero-order chi connectivity index (χ0) is 22.6. The normalized spacial score (nSPS) is 11.6. The smallest absolute Gasteiger partial charge is 0.264 e. The lowest BCUT2D eigenvalue weighted by Gasteiger charge is -2.24. The Morgan fingerprint density at radius 3 is 2.48 bits per heavy atom. The third-order valence-electron chi connectivity index (χ3n) is 4.07. The molecule has 11 heteroatoms. The zero-order valence-electron chi connectivity index (χ0n) is 16.1. The lowest BCUT2D eigenvalue weighted by atomic mass is 10.3. The SMILES string of the molecule is Cc1oc(/C=N\NC(=O)CN(c2ccc(Cl)c(Cl)c2)S(=O)(=O)c2ccccc2)cc1Br. The lowest BCUT2D eigenvalue weighted by Crippen LogP contribution is -2.39. The molecule has 2 aromatic carbocycles. The Morgan fingerprint density at radius 1 is 1.16 bits per heavy atom. The van der Waals surface area contributed by atoms with Gasteiger partial charge < -0.3 is 4.42 Å². The summed E-state index contributed by atoms with van der Waals surface area (Å²) < 4.78 is 33.5. The van der Waals surface area contributed by atoms with Crippen LogP contribution in [0.1, 0.15) is 11.5 Å². The molecule has 0 saturated heterocycles. The third kappa shape index (κ3) is 5.68. The van der Waals surface area contributed by atoms with Gasteiger partial charge in [-0.05, 0) is 53.2 Å². The summed E-state index contributed by atoms with van der Waals surface area (Å²) in [6, 6.07) is 13.7. The molecule has 1 N–H and O–H groups in total. The van der Waals surface area contributed by atoms with Crippen LogP contribution in [0.3, 0.4) is 0 Å². The Bertz CT molecular complexity index is 1210. The third-order valence-corrected chi connectivity index (χ3v) is 7.38. The second-order valence-electron chi connectivity index (χ2n) is 6.27. The van der Waals surface area contributed by atoms with Gasteiger partial charge in [-0.1, -0.05) is 41.4 Å². The highest BCUT2D eigenvalue weighted by molar-refractivity contribution is 9.10. The maximum absolute atomic E-state index is 13.2. The largest absolute Gasteiger partial charge is 0.459 e. The van der Waals surface area contributed by atoms with Gasteiger partial charge in [0.05, 0.1) is 31.3 Å². The summed E-state index contributed by atoms with van der Waals surface area (Å²) in [5.74, 6) is 0.416. The van der Waals surface area contributed by atoms with Crippen LogP contribution in [0.2, 0.25) is 10.0 Å². The van der Waals surface area contributed by atoms with E-state index >= 15 is 0 Å². The van der Waals surface area contributed by atoms with Crippen LogP contribution in [0.25, 0.3) is 0 Å². The van der Waals surface area contributed by atoms with Crippen LogP contribution in [0.15, 0.2) is 73.5 Å². The summed E-state index contributed by atoms with van der Waals surface area (Å²) in [4.78, 5) is 12.5. The number of sulfonamides is 1. The zero-order valence-corrected chi connectivity index (χ0v) is 20.0. The van der Waals surface area contributed by atoms with Crippen LogP contribution >= 0.6 is 39.1 Å². The van der Waals surface area contributed by atoms with Crippen molar-refractivity contribution in [3.05, 3.63) is 80.6 Å². The molecule has 0 aliphatic rings. The Balaban J connectivity index is 1.85. The first kappa shape index (κ1) is 23.3. The van der Waals surface area contributed by atoms with Crippen LogP contribution in [0.5, 0.6) is 0 Å². The number of carbonyl (C=O) groups excluding carboxylic acids is 1. The van der Waals surface area contributed by atoms with Crippen molar-refractivity contribution in [3.63, 3.8) is 0 Å². The van der Waals surface area contributed by atoms with Crippen LogP contribution in [0, 0.1) is 6.92 Å². The molecule has 0 aliphatic carbocycles. The number of halogens is 3. The highest BCUT2D eigenvalue weighted by Gasteiger charge is 2.27. The van der Waals surface area contributed by atoms with Crippen LogP contribution in [0.4, 0.5) is 5.69 Å². The quantitative estimate of drug-likeness (QED) is 0.334. The van der Waals surface area contributed by atoms with Gasteiger partial charge in [-0.15, -0.1) is 0 Å². The number of aryl methyl sites for hydroxylation is 1. The number of hydrogen-bond donors (Lipinski definition) is 1. The molecular formula is C20H16BrCl2N3O4S. The molecular weight excluding hydrogens is 529 g/mol. The van der Waals surface area contributed by atoms with Crippen LogP contribution < -0.4 is 9.73 Å². The number of amides is 1. The summed E-state index contributed by atoms with van der Waals surface area (Å²) in [7, 11) is -4.06. The van der Waals surface area contributed by atoms with Gasteiger partial charge in [0.1, 0.15) is 18.1 Å². The molecule has 1 heterocycles. The summed E-state index contributed by atoms with van der Waals surface area (Å²) in [6.45, 7) is 1.23. The Morgan fingerprint density at radius 2 is 1.87 bits per heavy atom. The van der Waals surface area contributed by atoms with E-state index in [1.54, 1.807) is 31.2 Å². The highest BCUT2D eigenvalue weighted by Crippen LogP contribution is 2.30. The second-order valence-corrected chi connectivity index (χ2v) is 9.80. The highest BCUT2D eigenvalue weighted by atomic mass is 79.9. The van der Waals surface area contributed by atoms with Crippen molar-refractivity contribution in [3.8, 4) is 0 Å². The first-order chi connectivity index (χ1) is 14.7. The number of nitrogens with zero attached hydrogens (tertiary/aromatic N) is 2. The van der Waals surface area contributed by atoms with Gasteiger partial charge in [0, 0.05) is 6.07 Å². The summed E-state index contributed by atoms with van der Waals surface area (Å²) in [5.41, 5.74) is 2.48. The second kappa shape index (κ2) is 9.86. The van der Waals surface area contributed by atoms with E-state index in [2.05, 4.69) is 26.5 Å². The van der Waals surface area contributed by atoms with E-state index in [1.165, 1.54) is 36.5 Å². The maximum atomic E-state index is 13.2. The topological polar surface area (TPSA) is 92.0 Å². The molecule has 3 aromatic rings. The van der Waals surface area contributed by atoms with Gasteiger partial charge in [0.25, 0.3) is 15.9 Å². The molecule has 0 aliphatic heterocycles. The molecule has 0 atom stereocenters. The Labute approximate surface area is 197 Å². The molecule has 0 spiro atoms. The fourth-order valence-electron chi connectivity index (χ4n) is 2.55. The standard InChI is InChI=1S/C20H16BrCl2N3O4S/c1-13-17(21)10-15(30-13)11-24-25-20(27)12-26(14-7-8-18(22)19(23)9-14)31(28,29)16-5-3-2-4-6-16/h2-11H,12H2,1H3,(H,25,27)/b24-11-. The first-order valence-corrected chi connectivity index (χ1v) is 11.8. The number of rotatable bonds is 7. The molecule has 0 bridgehead atoms. The fraction of sp³-hybridized carbons (Fsp3) is 0.100. The van der Waals surface area contributed by atoms with Crippen molar-refractivity contribution < 1.29 is 17.6 Å². The van der Waals surface area contributed by atoms with Gasteiger partial charge in [0.2, 0.25) is 0 Å². The van der Waals surface area contributed by atoms with Gasteiger partial charge >= 0.3 is 0 Å². The molecule has 162 valence electrons. The van der Waals surface area contributed by atoms with E-state index < -0.39 is 22.5 Å². The number of carbonyl (C=O) groups is 1. The number of hydrazone groups is 1. The summed E-state index contributed by atoms with van der Waals surface area (Å²) >= 11 is 15.3. The van der Waals surface area contributed by atoms with Crippen molar-refractivity contribution in [2.24, 2.45) is 5.10 Å². The molecule has 1 amide bonds. The minimum atomic E-state index is -4.06. The summed E-state index contributed by atoms with van der Waals surface area (Å²) in [5, 5.41) is 4.24. The first-order valence-electron chi connectivity index (χ1n) is 8.79. The molecule has 0 radical (unpaired) electrons. The van der Waals surface area contributed by atoms with Crippen molar-refractivity contribution in [1.29, 1.82) is 0 Å². The van der Waals surface area contributed by atoms with Crippen molar-refractivity contribution in [1.82, 2.24) is 5.43 Å². The van der Waals surface area contributed by atoms with Crippen LogP contribution in [-0.4, -0.2) is 27.1 Å². The molecule has 0 unspecified atom stereocenters. The summed E-state index contributed by atoms with van der Waals surface area (Å²) in [6.07, 6.45) is 1.31. The van der Waals surface area contributed by atoms with Gasteiger partial charge in [-0.2, -0.15) is 5.10 Å². The molecule has 7 nitrogen and oxygen atoms in total. The lowest BCUT2D eigenvalue weighted by molar-refractivity contribution is -0.119. The molecule has 0 saturated carbocycles. The van der Waals surface area contributed by atoms with E-state index in [9.17, 15) is 13.2 Å². The molecule has 3 rings (SSSR count). The predicted octanol–water partition coefficient (Wildman–Crippen LogP) is 5.00. The Kier molecular flexibility index (Phi) is 7.42. The van der Waals surface area contributed by atoms with E-state index in [-0.39, 0.29) is 20.6 Å². The van der Waals surface area contributed by atoms with Gasteiger partial charge in [-0.25, -0.2) is 13.8 Å². The van der Waals surface area contributed by atoms with Crippen LogP contribution in [-0.2, 0) is 14.8 Å². The average molecular weight is 545 g/mol. The number of furan rings is 1. The number of nitrogens with one attached hydrogen (secondary N) is 1. The minimum Gasteiger partial charge on any atom is -0.459 e. The van der Waals surface area contributed by atoms with E-state index in [0.29, 0.717) is 11.5 Å². The Hall–Kier alpha value is -2.33. The van der Waals surface area contributed by atoms with Crippen molar-refractivity contribution >= 4 is 67.0 Å². The molecule has 0 fully saturated rings. The van der Waals surface area contributed by atoms with Gasteiger partial charge in [0.15, 0.2) is 0 Å². The van der Waals surface area contributed by atoms with E-state index in [1.807, 2.05) is 0 Å². The molecule has 1 aromatic heterocycles. The predicted molar refractivity (Wildman–Crippen MR) is 124 cm³/mol. The number of hydrogen-bond acceptors (Lipinski definition) is 5. The fourth-order valence-corrected chi connectivity index (χ4v) is 4.59. The van der Waals surface area contributed by atoms with E-state index in [4.69, 9.17) is 27.6 Å². The van der Waals surface area contributed by atoms with E-state index in [0.717, 1.165) is 8.78 Å². The average Bonchev–Trinajstić information content (AvgIpc) is 3.06. The van der Waals surface area contributed by atoms with Crippen molar-refractivity contribution in [2.45, 2.75) is 11.8 Å². The number of anilines is 1. The maximum Gasteiger partial charge on any atom is 0.264 e. The van der Waals surface area contributed by atoms with Gasteiger partial charge in [-0.3, -0.25) is 9.10 Å². The molecule has 31 heavy (non-hydrogen) atoms.